The number of rotatable bonds is 5. The Hall–Kier alpha value is -2.34. The van der Waals surface area contributed by atoms with Crippen LogP contribution in [-0.2, 0) is 9.84 Å². The summed E-state index contributed by atoms with van der Waals surface area (Å²) in [7, 11) is -3.16. The van der Waals surface area contributed by atoms with Crippen LogP contribution in [0.5, 0.6) is 0 Å². The van der Waals surface area contributed by atoms with Gasteiger partial charge in [-0.1, -0.05) is 36.4 Å². The normalized spacial score (nSPS) is 12.4. The molecule has 0 aromatic heterocycles. The van der Waals surface area contributed by atoms with E-state index in [1.54, 1.807) is 6.92 Å². The molecule has 0 saturated heterocycles. The molecular weight excluding hydrogens is 312 g/mol. The van der Waals surface area contributed by atoms with Gasteiger partial charge in [-0.15, -0.1) is 0 Å². The number of sulfone groups is 1. The number of amides is 2. The van der Waals surface area contributed by atoms with Crippen LogP contribution in [0.2, 0.25) is 0 Å². The predicted molar refractivity (Wildman–Crippen MR) is 92.7 cm³/mol. The van der Waals surface area contributed by atoms with Crippen LogP contribution in [0.25, 0.3) is 0 Å². The SMILES string of the molecule is CC(CS(C)(=O)=O)NC(=O)N(c1ccccc1)c1ccccc1. The Balaban J connectivity index is 2.26. The molecule has 0 saturated carbocycles. The second-order valence-corrected chi connectivity index (χ2v) is 7.63. The molecule has 0 fully saturated rings. The van der Waals surface area contributed by atoms with Crippen LogP contribution in [0.3, 0.4) is 0 Å². The van der Waals surface area contributed by atoms with Crippen molar-refractivity contribution in [3.05, 3.63) is 60.7 Å². The molecule has 2 amide bonds. The summed E-state index contributed by atoms with van der Waals surface area (Å²) in [6, 6.07) is 17.6. The van der Waals surface area contributed by atoms with Gasteiger partial charge in [0.05, 0.1) is 17.1 Å². The zero-order valence-electron chi connectivity index (χ0n) is 13.1. The van der Waals surface area contributed by atoms with E-state index in [0.29, 0.717) is 11.4 Å². The third-order valence-corrected chi connectivity index (χ3v) is 4.26. The van der Waals surface area contributed by atoms with Crippen molar-refractivity contribution in [2.24, 2.45) is 0 Å². The quantitative estimate of drug-likeness (QED) is 0.915. The van der Waals surface area contributed by atoms with E-state index in [0.717, 1.165) is 6.26 Å². The molecular formula is C17H20N2O3S. The summed E-state index contributed by atoms with van der Waals surface area (Å²) in [5.74, 6) is -0.101. The van der Waals surface area contributed by atoms with Crippen molar-refractivity contribution in [1.29, 1.82) is 0 Å². The first kappa shape index (κ1) is 17.0. The van der Waals surface area contributed by atoms with Gasteiger partial charge in [-0.3, -0.25) is 4.90 Å². The van der Waals surface area contributed by atoms with Crippen molar-refractivity contribution in [2.45, 2.75) is 13.0 Å². The third-order valence-electron chi connectivity index (χ3n) is 3.15. The lowest BCUT2D eigenvalue weighted by Crippen LogP contribution is -2.44. The van der Waals surface area contributed by atoms with Gasteiger partial charge in [0.25, 0.3) is 0 Å². The summed E-state index contributed by atoms with van der Waals surface area (Å²) in [5.41, 5.74) is 1.42. The number of carbonyl (C=O) groups excluding carboxylic acids is 1. The van der Waals surface area contributed by atoms with Crippen LogP contribution in [-0.4, -0.2) is 32.5 Å². The average molecular weight is 332 g/mol. The number of hydrogen-bond donors (Lipinski definition) is 1. The monoisotopic (exact) mass is 332 g/mol. The maximum atomic E-state index is 12.7. The summed E-state index contributed by atoms with van der Waals surface area (Å²) in [5, 5.41) is 2.74. The van der Waals surface area contributed by atoms with Crippen molar-refractivity contribution < 1.29 is 13.2 Å². The third kappa shape index (κ3) is 5.10. The van der Waals surface area contributed by atoms with Crippen LogP contribution in [0.1, 0.15) is 6.92 Å². The number of para-hydroxylation sites is 2. The number of nitrogens with zero attached hydrogens (tertiary/aromatic N) is 1. The molecule has 2 aromatic carbocycles. The molecule has 0 aliphatic carbocycles. The number of urea groups is 1. The predicted octanol–water partition coefficient (Wildman–Crippen LogP) is 2.97. The Kier molecular flexibility index (Phi) is 5.39. The maximum Gasteiger partial charge on any atom is 0.326 e. The largest absolute Gasteiger partial charge is 0.334 e. The molecule has 6 heteroatoms. The minimum absolute atomic E-state index is 0.101. The molecule has 0 bridgehead atoms. The van der Waals surface area contributed by atoms with Crippen molar-refractivity contribution in [3.8, 4) is 0 Å². The molecule has 0 aliphatic rings. The molecule has 5 nitrogen and oxygen atoms in total. The van der Waals surface area contributed by atoms with Gasteiger partial charge in [0.15, 0.2) is 0 Å². The van der Waals surface area contributed by atoms with Gasteiger partial charge in [0.1, 0.15) is 9.84 Å². The van der Waals surface area contributed by atoms with E-state index in [9.17, 15) is 13.2 Å². The fourth-order valence-electron chi connectivity index (χ4n) is 2.31. The molecule has 2 rings (SSSR count). The molecule has 23 heavy (non-hydrogen) atoms. The lowest BCUT2D eigenvalue weighted by Gasteiger charge is -2.25. The van der Waals surface area contributed by atoms with Gasteiger partial charge in [-0.05, 0) is 31.2 Å². The molecule has 0 aliphatic heterocycles. The van der Waals surface area contributed by atoms with Crippen molar-refractivity contribution in [1.82, 2.24) is 5.32 Å². The summed E-state index contributed by atoms with van der Waals surface area (Å²) >= 11 is 0. The number of benzene rings is 2. The smallest absolute Gasteiger partial charge is 0.326 e. The summed E-state index contributed by atoms with van der Waals surface area (Å²) < 4.78 is 22.7. The van der Waals surface area contributed by atoms with E-state index in [-0.39, 0.29) is 11.8 Å². The Labute approximate surface area is 136 Å². The Morgan fingerprint density at radius 1 is 1.00 bits per heavy atom. The number of hydrogen-bond acceptors (Lipinski definition) is 3. The molecule has 0 heterocycles. The Morgan fingerprint density at radius 2 is 1.43 bits per heavy atom. The zero-order chi connectivity index (χ0) is 16.9. The van der Waals surface area contributed by atoms with Crippen LogP contribution in [0, 0.1) is 0 Å². The zero-order valence-corrected chi connectivity index (χ0v) is 14.0. The van der Waals surface area contributed by atoms with Crippen molar-refractivity contribution >= 4 is 27.2 Å². The van der Waals surface area contributed by atoms with Crippen molar-refractivity contribution in [2.75, 3.05) is 16.9 Å². The van der Waals surface area contributed by atoms with E-state index >= 15 is 0 Å². The molecule has 122 valence electrons. The molecule has 1 unspecified atom stereocenters. The standard InChI is InChI=1S/C17H20N2O3S/c1-14(13-23(2,21)22)18-17(20)19(15-9-5-3-6-10-15)16-11-7-4-8-12-16/h3-12,14H,13H2,1-2H3,(H,18,20). The molecule has 1 N–H and O–H groups in total. The highest BCUT2D eigenvalue weighted by Gasteiger charge is 2.20. The first-order valence-corrected chi connectivity index (χ1v) is 9.31. The van der Waals surface area contributed by atoms with E-state index in [4.69, 9.17) is 0 Å². The summed E-state index contributed by atoms with van der Waals surface area (Å²) in [6.45, 7) is 1.67. The van der Waals surface area contributed by atoms with Crippen LogP contribution in [0.15, 0.2) is 60.7 Å². The van der Waals surface area contributed by atoms with Gasteiger partial charge in [0, 0.05) is 12.3 Å². The number of anilines is 2. The minimum Gasteiger partial charge on any atom is -0.334 e. The molecule has 0 spiro atoms. The highest BCUT2D eigenvalue weighted by atomic mass is 32.2. The average Bonchev–Trinajstić information content (AvgIpc) is 2.47. The Morgan fingerprint density at radius 3 is 1.83 bits per heavy atom. The van der Waals surface area contributed by atoms with Crippen LogP contribution < -0.4 is 10.2 Å². The minimum atomic E-state index is -3.16. The molecule has 0 radical (unpaired) electrons. The van der Waals surface area contributed by atoms with E-state index in [2.05, 4.69) is 5.32 Å². The van der Waals surface area contributed by atoms with E-state index in [1.165, 1.54) is 4.90 Å². The van der Waals surface area contributed by atoms with Crippen molar-refractivity contribution in [3.63, 3.8) is 0 Å². The first-order valence-electron chi connectivity index (χ1n) is 7.25. The fourth-order valence-corrected chi connectivity index (χ4v) is 3.30. The number of nitrogens with one attached hydrogen (secondary N) is 1. The topological polar surface area (TPSA) is 66.5 Å². The molecule has 2 aromatic rings. The lowest BCUT2D eigenvalue weighted by atomic mass is 10.2. The van der Waals surface area contributed by atoms with Gasteiger partial charge in [-0.2, -0.15) is 0 Å². The van der Waals surface area contributed by atoms with Gasteiger partial charge in [0.2, 0.25) is 0 Å². The highest BCUT2D eigenvalue weighted by Crippen LogP contribution is 2.24. The van der Waals surface area contributed by atoms with Gasteiger partial charge < -0.3 is 5.32 Å². The fraction of sp³-hybridized carbons (Fsp3) is 0.235. The molecule has 1 atom stereocenters. The highest BCUT2D eigenvalue weighted by molar-refractivity contribution is 7.90. The number of carbonyl (C=O) groups is 1. The lowest BCUT2D eigenvalue weighted by molar-refractivity contribution is 0.246. The van der Waals surface area contributed by atoms with Gasteiger partial charge in [-0.25, -0.2) is 13.2 Å². The van der Waals surface area contributed by atoms with E-state index in [1.807, 2.05) is 60.7 Å². The van der Waals surface area contributed by atoms with Crippen LogP contribution in [0.4, 0.5) is 16.2 Å². The second kappa shape index (κ2) is 7.28. The van der Waals surface area contributed by atoms with Crippen LogP contribution >= 0.6 is 0 Å². The maximum absolute atomic E-state index is 12.7. The summed E-state index contributed by atoms with van der Waals surface area (Å²) in [4.78, 5) is 14.2. The Bertz CT molecular complexity index is 706. The van der Waals surface area contributed by atoms with E-state index < -0.39 is 15.9 Å². The summed E-state index contributed by atoms with van der Waals surface area (Å²) in [6.07, 6.45) is 1.15. The first-order chi connectivity index (χ1) is 10.9. The van der Waals surface area contributed by atoms with Gasteiger partial charge >= 0.3 is 6.03 Å². The second-order valence-electron chi connectivity index (χ2n) is 5.45.